The van der Waals surface area contributed by atoms with Gasteiger partial charge in [0.25, 0.3) is 5.91 Å². The molecule has 1 unspecified atom stereocenters. The summed E-state index contributed by atoms with van der Waals surface area (Å²) in [6.07, 6.45) is 10.6. The van der Waals surface area contributed by atoms with Crippen LogP contribution in [-0.4, -0.2) is 40.5 Å². The summed E-state index contributed by atoms with van der Waals surface area (Å²) < 4.78 is 0. The van der Waals surface area contributed by atoms with Gasteiger partial charge in [-0.3, -0.25) is 19.6 Å². The van der Waals surface area contributed by atoms with Gasteiger partial charge in [0.15, 0.2) is 5.78 Å². The van der Waals surface area contributed by atoms with Crippen LogP contribution in [0.15, 0.2) is 11.6 Å². The average Bonchev–Trinajstić information content (AvgIpc) is 2.87. The van der Waals surface area contributed by atoms with E-state index < -0.39 is 5.41 Å². The summed E-state index contributed by atoms with van der Waals surface area (Å²) >= 11 is 0. The quantitative estimate of drug-likeness (QED) is 0.300. The smallest absolute Gasteiger partial charge is 0.251 e. The number of amides is 2. The van der Waals surface area contributed by atoms with Gasteiger partial charge in [0.05, 0.1) is 0 Å². The van der Waals surface area contributed by atoms with Crippen molar-refractivity contribution in [3.8, 4) is 0 Å². The van der Waals surface area contributed by atoms with Gasteiger partial charge in [-0.05, 0) is 110 Å². The molecule has 0 aromatic carbocycles. The number of carbonyl (C=O) groups is 3. The Morgan fingerprint density at radius 1 is 0.975 bits per heavy atom. The maximum Gasteiger partial charge on any atom is 0.251 e. The third kappa shape index (κ3) is 3.86. The molecule has 2 amide bonds. The molecule has 5 aliphatic rings. The normalized spacial score (nSPS) is 47.5. The third-order valence-electron chi connectivity index (χ3n) is 14.0. The van der Waals surface area contributed by atoms with Crippen LogP contribution in [0, 0.1) is 50.2 Å². The Bertz CT molecular complexity index is 1140. The Morgan fingerprint density at radius 2 is 1.62 bits per heavy atom. The van der Waals surface area contributed by atoms with Gasteiger partial charge in [0.2, 0.25) is 5.91 Å². The van der Waals surface area contributed by atoms with Gasteiger partial charge in [0, 0.05) is 30.8 Å². The van der Waals surface area contributed by atoms with E-state index in [2.05, 4.69) is 52.9 Å². The van der Waals surface area contributed by atoms with E-state index >= 15 is 0 Å². The van der Waals surface area contributed by atoms with Crippen LogP contribution in [0.3, 0.4) is 0 Å². The highest BCUT2D eigenvalue weighted by atomic mass is 16.5. The number of hydroxylamine groups is 2. The minimum atomic E-state index is -0.620. The lowest BCUT2D eigenvalue weighted by Crippen LogP contribution is -2.67. The van der Waals surface area contributed by atoms with Crippen LogP contribution in [0.5, 0.6) is 0 Å². The van der Waals surface area contributed by atoms with Gasteiger partial charge in [-0.2, -0.15) is 0 Å². The highest BCUT2D eigenvalue weighted by Gasteiger charge is 2.70. The second kappa shape index (κ2) is 9.15. The summed E-state index contributed by atoms with van der Waals surface area (Å²) in [6.45, 7) is 20.0. The van der Waals surface area contributed by atoms with Crippen LogP contribution >= 0.6 is 0 Å². The molecule has 5 rings (SSSR count). The van der Waals surface area contributed by atoms with Gasteiger partial charge in [-0.25, -0.2) is 5.06 Å². The van der Waals surface area contributed by atoms with Gasteiger partial charge >= 0.3 is 0 Å². The standard InChI is InChI=1S/C34H54N2O4/c1-10-36(40)28(39)31(6)16-15-30(5)17-18-33(8)22(23(30)20-31)19-24(38)27-32(7)13-12-26(35-21(2)37)29(3,4)25(32)11-14-34(27,33)9/h19,23,25-27,40H,10-18,20H2,1-9H3,(H,35,37)/t23-,25?,26-,27+,30+,31-,32-,33+,34+/m0/s1. The van der Waals surface area contributed by atoms with E-state index in [4.69, 9.17) is 0 Å². The molecule has 4 saturated carbocycles. The highest BCUT2D eigenvalue weighted by Crippen LogP contribution is 2.75. The lowest BCUT2D eigenvalue weighted by Gasteiger charge is -2.70. The van der Waals surface area contributed by atoms with E-state index in [1.807, 2.05) is 6.92 Å². The van der Waals surface area contributed by atoms with Crippen molar-refractivity contribution in [3.63, 3.8) is 0 Å². The monoisotopic (exact) mass is 554 g/mol. The first-order valence-electron chi connectivity index (χ1n) is 15.9. The highest BCUT2D eigenvalue weighted by molar-refractivity contribution is 5.95. The second-order valence-corrected chi connectivity index (χ2v) is 16.4. The van der Waals surface area contributed by atoms with E-state index in [1.54, 1.807) is 13.8 Å². The fraction of sp³-hybridized carbons (Fsp3) is 0.853. The molecule has 2 N–H and O–H groups in total. The largest absolute Gasteiger partial charge is 0.353 e. The topological polar surface area (TPSA) is 86.7 Å². The molecule has 0 spiro atoms. The maximum atomic E-state index is 14.5. The van der Waals surface area contributed by atoms with Gasteiger partial charge in [-0.15, -0.1) is 0 Å². The van der Waals surface area contributed by atoms with E-state index in [-0.39, 0.29) is 69.1 Å². The fourth-order valence-electron chi connectivity index (χ4n) is 11.3. The number of ketones is 1. The van der Waals surface area contributed by atoms with E-state index in [1.165, 1.54) is 5.57 Å². The predicted molar refractivity (Wildman–Crippen MR) is 156 cm³/mol. The number of allylic oxidation sites excluding steroid dienone is 2. The summed E-state index contributed by atoms with van der Waals surface area (Å²) in [5, 5.41) is 14.5. The van der Waals surface area contributed by atoms with Crippen LogP contribution in [0.2, 0.25) is 0 Å². The molecule has 0 aliphatic heterocycles. The summed E-state index contributed by atoms with van der Waals surface area (Å²) in [6, 6.07) is 0.134. The zero-order valence-corrected chi connectivity index (χ0v) is 26.6. The first-order valence-corrected chi connectivity index (χ1v) is 15.9. The molecule has 0 heterocycles. The van der Waals surface area contributed by atoms with Crippen LogP contribution < -0.4 is 5.32 Å². The number of carbonyl (C=O) groups excluding carboxylic acids is 3. The number of hydrogen-bond donors (Lipinski definition) is 2. The molecule has 4 fully saturated rings. The van der Waals surface area contributed by atoms with Crippen molar-refractivity contribution in [1.82, 2.24) is 10.4 Å². The third-order valence-corrected chi connectivity index (χ3v) is 14.0. The summed E-state index contributed by atoms with van der Waals surface area (Å²) in [5.74, 6) is 0.624. The minimum Gasteiger partial charge on any atom is -0.353 e. The molecule has 0 radical (unpaired) electrons. The van der Waals surface area contributed by atoms with E-state index in [0.29, 0.717) is 12.3 Å². The maximum absolute atomic E-state index is 14.5. The molecule has 40 heavy (non-hydrogen) atoms. The van der Waals surface area contributed by atoms with E-state index in [0.717, 1.165) is 56.4 Å². The molecule has 6 nitrogen and oxygen atoms in total. The second-order valence-electron chi connectivity index (χ2n) is 16.4. The molecule has 224 valence electrons. The van der Waals surface area contributed by atoms with Gasteiger partial charge in [-0.1, -0.05) is 54.0 Å². The minimum absolute atomic E-state index is 0.0302. The molecule has 0 aromatic rings. The van der Waals surface area contributed by atoms with Crippen molar-refractivity contribution in [1.29, 1.82) is 0 Å². The zero-order valence-electron chi connectivity index (χ0n) is 26.6. The Kier molecular flexibility index (Phi) is 6.82. The first-order chi connectivity index (χ1) is 18.4. The lowest BCUT2D eigenvalue weighted by molar-refractivity contribution is -0.192. The van der Waals surface area contributed by atoms with Crippen molar-refractivity contribution >= 4 is 17.6 Å². The van der Waals surface area contributed by atoms with Crippen LogP contribution in [0.25, 0.3) is 0 Å². The molecule has 5 aliphatic carbocycles. The van der Waals surface area contributed by atoms with Crippen molar-refractivity contribution in [2.45, 2.75) is 126 Å². The number of hydrogen-bond acceptors (Lipinski definition) is 4. The SMILES string of the molecule is CCN(O)C(=O)[C@@]1(C)CC[C@]2(C)CC[C@]3(C)C(=CC(=O)[C@@H]4[C@@]5(C)CC[C@H](NC(C)=O)C(C)(C)C5CC[C@]43C)[C@@H]2C1. The number of fused-ring (bicyclic) bond motifs is 7. The Morgan fingerprint density at radius 3 is 2.25 bits per heavy atom. The fourth-order valence-corrected chi connectivity index (χ4v) is 11.3. The molecule has 0 saturated heterocycles. The Labute approximate surface area is 242 Å². The molecule has 9 atom stereocenters. The van der Waals surface area contributed by atoms with Gasteiger partial charge < -0.3 is 5.32 Å². The summed E-state index contributed by atoms with van der Waals surface area (Å²) in [5.41, 5.74) is 0.278. The van der Waals surface area contributed by atoms with Crippen LogP contribution in [-0.2, 0) is 14.4 Å². The lowest BCUT2D eigenvalue weighted by atomic mass is 9.33. The van der Waals surface area contributed by atoms with E-state index in [9.17, 15) is 19.6 Å². The number of nitrogens with zero attached hydrogens (tertiary/aromatic N) is 1. The summed E-state index contributed by atoms with van der Waals surface area (Å²) in [4.78, 5) is 39.9. The van der Waals surface area contributed by atoms with Crippen molar-refractivity contribution < 1.29 is 19.6 Å². The zero-order chi connectivity index (χ0) is 29.7. The number of rotatable bonds is 3. The van der Waals surface area contributed by atoms with Crippen molar-refractivity contribution in [2.24, 2.45) is 50.2 Å². The van der Waals surface area contributed by atoms with Crippen molar-refractivity contribution in [2.75, 3.05) is 6.54 Å². The van der Waals surface area contributed by atoms with Crippen LogP contribution in [0.1, 0.15) is 120 Å². The van der Waals surface area contributed by atoms with Crippen LogP contribution in [0.4, 0.5) is 0 Å². The molecule has 0 bridgehead atoms. The number of nitrogens with one attached hydrogen (secondary N) is 1. The summed E-state index contributed by atoms with van der Waals surface area (Å²) in [7, 11) is 0. The molecule has 0 aromatic heterocycles. The predicted octanol–water partition coefficient (Wildman–Crippen LogP) is 6.71. The Hall–Kier alpha value is -1.69. The van der Waals surface area contributed by atoms with Gasteiger partial charge in [0.1, 0.15) is 0 Å². The Balaban J connectivity index is 1.55. The first kappa shape index (κ1) is 29.8. The average molecular weight is 555 g/mol. The van der Waals surface area contributed by atoms with Crippen molar-refractivity contribution in [3.05, 3.63) is 11.6 Å². The molecule has 6 heteroatoms. The molecular weight excluding hydrogens is 500 g/mol. The molecular formula is C34H54N2O4.